The fourth-order valence-electron chi connectivity index (χ4n) is 8.64. The largest absolute Gasteiger partial charge is 1.00 e. The summed E-state index contributed by atoms with van der Waals surface area (Å²) in [6.45, 7) is 1.52. The molecule has 0 aliphatic carbocycles. The molecule has 9 N–H and O–H groups in total. The van der Waals surface area contributed by atoms with Gasteiger partial charge in [-0.15, -0.1) is 0 Å². The second kappa shape index (κ2) is 20.8. The zero-order valence-corrected chi connectivity index (χ0v) is 37.7. The van der Waals surface area contributed by atoms with E-state index in [1.165, 1.54) is 24.3 Å². The molecule has 1 unspecified atom stereocenters. The van der Waals surface area contributed by atoms with Gasteiger partial charge in [0.15, 0.2) is 5.78 Å². The number of nitrogens with two attached hydrogens (primary N) is 2. The Morgan fingerprint density at radius 1 is 0.667 bits per heavy atom. The number of urea groups is 2. The van der Waals surface area contributed by atoms with E-state index in [1.54, 1.807) is 9.80 Å². The number of anilines is 2. The van der Waals surface area contributed by atoms with Crippen LogP contribution in [-0.2, 0) is 13.1 Å². The van der Waals surface area contributed by atoms with E-state index in [0.29, 0.717) is 63.0 Å². The molecule has 4 aromatic rings. The smallest absolute Gasteiger partial charge is 1.00 e. The van der Waals surface area contributed by atoms with Crippen molar-refractivity contribution in [2.45, 2.75) is 68.8 Å². The van der Waals surface area contributed by atoms with Crippen molar-refractivity contribution in [2.24, 2.45) is 11.5 Å². The van der Waals surface area contributed by atoms with Gasteiger partial charge in [0.2, 0.25) is 0 Å². The van der Waals surface area contributed by atoms with E-state index in [-0.39, 0.29) is 117 Å². The fourth-order valence-corrected chi connectivity index (χ4v) is 8.64. The normalized spacial score (nSPS) is 17.6. The Kier molecular flexibility index (Phi) is 16.2. The zero-order chi connectivity index (χ0) is 46.1. The topological polar surface area (TPSA) is 212 Å². The maximum Gasteiger partial charge on any atom is 1.00 e. The van der Waals surface area contributed by atoms with E-state index in [4.69, 9.17) is 11.5 Å². The van der Waals surface area contributed by atoms with Crippen LogP contribution >= 0.6 is 0 Å². The van der Waals surface area contributed by atoms with Crippen molar-refractivity contribution in [3.8, 4) is 0 Å². The van der Waals surface area contributed by atoms with Gasteiger partial charge in [-0.25, -0.2) is 35.9 Å². The quantitative estimate of drug-likeness (QED) is 0.113. The number of ketones is 1. The van der Waals surface area contributed by atoms with E-state index < -0.39 is 63.9 Å². The van der Waals surface area contributed by atoms with E-state index in [0.717, 1.165) is 36.4 Å². The molecular formula is C44H45BF6N8NaO6. The minimum absolute atomic E-state index is 0. The molecule has 2 fully saturated rings. The summed E-state index contributed by atoms with van der Waals surface area (Å²) in [7, 11) is 0. The van der Waals surface area contributed by atoms with Gasteiger partial charge < -0.3 is 49.1 Å². The number of nitrogens with one attached hydrogen (secondary N) is 4. The number of carbonyl (C=O) groups is 5. The summed E-state index contributed by atoms with van der Waals surface area (Å²) in [6, 6.07) is 10.7. The van der Waals surface area contributed by atoms with Crippen LogP contribution in [0.25, 0.3) is 0 Å². The van der Waals surface area contributed by atoms with Crippen LogP contribution in [0.15, 0.2) is 60.7 Å². The summed E-state index contributed by atoms with van der Waals surface area (Å²) in [6.07, 6.45) is 1.12. The first-order chi connectivity index (χ1) is 30.3. The van der Waals surface area contributed by atoms with Crippen LogP contribution in [-0.4, -0.2) is 90.2 Å². The van der Waals surface area contributed by atoms with Crippen molar-refractivity contribution in [3.63, 3.8) is 0 Å². The summed E-state index contributed by atoms with van der Waals surface area (Å²) >= 11 is 0. The number of hydrogen-bond donors (Lipinski definition) is 7. The number of nitrogens with zero attached hydrogens (tertiary/aromatic N) is 2. The number of aliphatic hydroxyl groups excluding tert-OH is 1. The average Bonchev–Trinajstić information content (AvgIpc) is 3.24. The number of piperidine rings is 2. The van der Waals surface area contributed by atoms with E-state index >= 15 is 0 Å². The fraction of sp³-hybridized carbons (Fsp3) is 0.341. The molecule has 2 spiro atoms. The SMILES string of the molecule is NC(=O)c1cc(CNC(=O)N2CCC3(CC2)CC(=O)c2cc(F)cc(F)c2N3)ccc1F.NC(=O)c1cc(CNC(=O)N2CCC3(CC2)CC(O)c2cc(F)cc(F)c2N3)ccc1F.[B].[H-].[Na+]. The summed E-state index contributed by atoms with van der Waals surface area (Å²) in [5, 5.41) is 22.1. The molecule has 343 valence electrons. The third kappa shape index (κ3) is 11.2. The first kappa shape index (κ1) is 51.2. The van der Waals surface area contributed by atoms with Crippen molar-refractivity contribution in [1.29, 1.82) is 0 Å². The van der Waals surface area contributed by atoms with Crippen molar-refractivity contribution in [3.05, 3.63) is 129 Å². The molecule has 8 rings (SSSR count). The van der Waals surface area contributed by atoms with Crippen LogP contribution in [0, 0.1) is 34.9 Å². The number of aliphatic hydroxyl groups is 1. The van der Waals surface area contributed by atoms with Crippen molar-refractivity contribution in [2.75, 3.05) is 36.8 Å². The van der Waals surface area contributed by atoms with Gasteiger partial charge in [-0.05, 0) is 73.2 Å². The molecule has 22 heteroatoms. The maximum atomic E-state index is 14.3. The van der Waals surface area contributed by atoms with E-state index in [9.17, 15) is 55.4 Å². The van der Waals surface area contributed by atoms with Gasteiger partial charge >= 0.3 is 41.6 Å². The number of Topliss-reactive ketones (excluding diaryl/α,β-unsaturated/α-hetero) is 1. The predicted molar refractivity (Wildman–Crippen MR) is 227 cm³/mol. The van der Waals surface area contributed by atoms with Gasteiger partial charge in [0, 0.05) is 94.9 Å². The summed E-state index contributed by atoms with van der Waals surface area (Å²) in [5.74, 6) is -6.70. The molecule has 1 atom stereocenters. The van der Waals surface area contributed by atoms with Gasteiger partial charge in [0.25, 0.3) is 11.8 Å². The number of fused-ring (bicyclic) bond motifs is 2. The molecule has 4 aliphatic heterocycles. The second-order valence-corrected chi connectivity index (χ2v) is 16.4. The molecule has 0 bridgehead atoms. The third-order valence-electron chi connectivity index (χ3n) is 12.2. The number of hydrogen-bond acceptors (Lipinski definition) is 8. The van der Waals surface area contributed by atoms with Gasteiger partial charge in [-0.2, -0.15) is 0 Å². The van der Waals surface area contributed by atoms with Crippen LogP contribution in [0.3, 0.4) is 0 Å². The van der Waals surface area contributed by atoms with E-state index in [2.05, 4.69) is 21.3 Å². The molecule has 4 heterocycles. The molecule has 4 aromatic carbocycles. The first-order valence-corrected chi connectivity index (χ1v) is 20.3. The Morgan fingerprint density at radius 3 is 1.59 bits per heavy atom. The molecule has 2 saturated heterocycles. The van der Waals surface area contributed by atoms with Gasteiger partial charge in [0.05, 0.1) is 28.6 Å². The second-order valence-electron chi connectivity index (χ2n) is 16.4. The number of primary amides is 2. The molecular weight excluding hydrogens is 884 g/mol. The summed E-state index contributed by atoms with van der Waals surface area (Å²) < 4.78 is 82.6. The Labute approximate surface area is 400 Å². The minimum Gasteiger partial charge on any atom is -1.00 e. The van der Waals surface area contributed by atoms with Crippen LogP contribution in [0.2, 0.25) is 0 Å². The van der Waals surface area contributed by atoms with Gasteiger partial charge in [-0.1, -0.05) is 12.1 Å². The van der Waals surface area contributed by atoms with Crippen LogP contribution in [0.5, 0.6) is 0 Å². The van der Waals surface area contributed by atoms with Crippen LogP contribution in [0.4, 0.5) is 47.3 Å². The van der Waals surface area contributed by atoms with E-state index in [1.807, 2.05) is 0 Å². The van der Waals surface area contributed by atoms with Crippen molar-refractivity contribution < 1.29 is 86.4 Å². The number of carbonyl (C=O) groups excluding carboxylic acids is 5. The number of halogens is 6. The monoisotopic (exact) mass is 929 g/mol. The number of rotatable bonds is 6. The molecule has 0 aromatic heterocycles. The molecule has 0 saturated carbocycles. The summed E-state index contributed by atoms with van der Waals surface area (Å²) in [4.78, 5) is 63.3. The van der Waals surface area contributed by atoms with Crippen LogP contribution < -0.4 is 62.3 Å². The molecule has 14 nitrogen and oxygen atoms in total. The number of amides is 6. The van der Waals surface area contributed by atoms with Crippen molar-refractivity contribution >= 4 is 49.4 Å². The maximum absolute atomic E-state index is 14.3. The Bertz CT molecular complexity index is 2550. The molecule has 66 heavy (non-hydrogen) atoms. The Morgan fingerprint density at radius 2 is 1.11 bits per heavy atom. The number of benzene rings is 4. The minimum atomic E-state index is -1.00. The predicted octanol–water partition coefficient (Wildman–Crippen LogP) is 2.48. The van der Waals surface area contributed by atoms with Gasteiger partial charge in [0.1, 0.15) is 34.9 Å². The zero-order valence-electron chi connectivity index (χ0n) is 36.7. The average molecular weight is 930 g/mol. The Hall–Kier alpha value is -5.77. The summed E-state index contributed by atoms with van der Waals surface area (Å²) in [5.41, 5.74) is 9.82. The third-order valence-corrected chi connectivity index (χ3v) is 12.2. The van der Waals surface area contributed by atoms with Crippen LogP contribution in [0.1, 0.15) is 93.8 Å². The first-order valence-electron chi connectivity index (χ1n) is 20.3. The molecule has 3 radical (unpaired) electrons. The standard InChI is InChI=1S/C22H23F3N4O3.C22H21F3N4O3.B.Na.H/c2*23-13-8-15-18(30)10-22(28-19(15)17(25)9-13)3-5-29(6-4-22)21(32)27-11-12-1-2-16(24)14(7-12)20(26)31;;;/h1-2,7-9,18,28,30H,3-6,10-11H2,(H2,26,31)(H,27,32);1-2,7-9,28H,3-6,10-11H2,(H2,26,31)(H,27,32);;;/q;;;+1;-1. The molecule has 6 amide bonds. The number of likely N-dealkylation sites (tertiary alicyclic amines) is 2. The Balaban J connectivity index is 0.000000280. The van der Waals surface area contributed by atoms with Gasteiger partial charge in [-0.3, -0.25) is 14.4 Å². The van der Waals surface area contributed by atoms with Crippen molar-refractivity contribution in [1.82, 2.24) is 20.4 Å². The molecule has 4 aliphatic rings.